The fourth-order valence-electron chi connectivity index (χ4n) is 4.09. The van der Waals surface area contributed by atoms with Gasteiger partial charge >= 0.3 is 11.9 Å². The van der Waals surface area contributed by atoms with Gasteiger partial charge < -0.3 is 20.9 Å². The van der Waals surface area contributed by atoms with Gasteiger partial charge in [0.25, 0.3) is 0 Å². The number of carbonyl (C=O) groups excluding carboxylic acids is 2. The van der Waals surface area contributed by atoms with Gasteiger partial charge in [0.1, 0.15) is 12.7 Å². The summed E-state index contributed by atoms with van der Waals surface area (Å²) in [6.45, 7) is 2.30. The topological polar surface area (TPSA) is 105 Å². The molecule has 6 heteroatoms. The molecule has 0 aromatic heterocycles. The molecule has 0 aliphatic heterocycles. The standard InChI is InChI=1S/C26H32N2O4/c1-2-3-18-6-11-24(12-7-18)32-26(30)21-9-4-19(5-10-21)8-13-25(29)31-17-20-14-22(27)16-23(28)15-20/h4-5,8-10,13-16,18,24H,2-3,6-7,11-12,17,27-28H2,1H3. The molecule has 1 fully saturated rings. The zero-order chi connectivity index (χ0) is 22.9. The molecule has 6 nitrogen and oxygen atoms in total. The lowest BCUT2D eigenvalue weighted by molar-refractivity contribution is -0.138. The van der Waals surface area contributed by atoms with E-state index >= 15 is 0 Å². The van der Waals surface area contributed by atoms with Crippen LogP contribution in [0.5, 0.6) is 0 Å². The molecule has 0 amide bonds. The van der Waals surface area contributed by atoms with Crippen LogP contribution < -0.4 is 11.5 Å². The second-order valence-corrected chi connectivity index (χ2v) is 8.41. The third-order valence-electron chi connectivity index (χ3n) is 5.74. The SMILES string of the molecule is CCCC1CCC(OC(=O)c2ccc(C=CC(=O)OCc3cc(N)cc(N)c3)cc2)CC1. The van der Waals surface area contributed by atoms with Gasteiger partial charge in [0.05, 0.1) is 5.56 Å². The molecule has 0 radical (unpaired) electrons. The van der Waals surface area contributed by atoms with Gasteiger partial charge in [-0.15, -0.1) is 0 Å². The average molecular weight is 437 g/mol. The fourth-order valence-corrected chi connectivity index (χ4v) is 4.09. The van der Waals surface area contributed by atoms with Crippen molar-refractivity contribution in [2.24, 2.45) is 5.92 Å². The van der Waals surface area contributed by atoms with Crippen LogP contribution in [0.25, 0.3) is 6.08 Å². The number of nitrogen functional groups attached to an aromatic ring is 2. The molecule has 0 spiro atoms. The normalized spacial score (nSPS) is 18.4. The van der Waals surface area contributed by atoms with Gasteiger partial charge in [0.2, 0.25) is 0 Å². The number of hydrogen-bond donors (Lipinski definition) is 2. The van der Waals surface area contributed by atoms with E-state index in [1.54, 1.807) is 48.5 Å². The van der Waals surface area contributed by atoms with Crippen molar-refractivity contribution >= 4 is 29.4 Å². The summed E-state index contributed by atoms with van der Waals surface area (Å²) in [5.74, 6) is 0.00474. The van der Waals surface area contributed by atoms with Crippen molar-refractivity contribution in [3.8, 4) is 0 Å². The zero-order valence-electron chi connectivity index (χ0n) is 18.6. The fraction of sp³-hybridized carbons (Fsp3) is 0.385. The Kier molecular flexibility index (Phi) is 8.31. The molecular weight excluding hydrogens is 404 g/mol. The van der Waals surface area contributed by atoms with Crippen molar-refractivity contribution in [2.45, 2.75) is 58.2 Å². The van der Waals surface area contributed by atoms with Crippen molar-refractivity contribution in [3.05, 3.63) is 65.2 Å². The monoisotopic (exact) mass is 436 g/mol. The van der Waals surface area contributed by atoms with Crippen LogP contribution in [0.3, 0.4) is 0 Å². The van der Waals surface area contributed by atoms with E-state index in [0.717, 1.165) is 42.7 Å². The second-order valence-electron chi connectivity index (χ2n) is 8.41. The summed E-state index contributed by atoms with van der Waals surface area (Å²) >= 11 is 0. The Labute approximate surface area is 189 Å². The Morgan fingerprint density at radius 1 is 1.00 bits per heavy atom. The van der Waals surface area contributed by atoms with Gasteiger partial charge in [-0.25, -0.2) is 9.59 Å². The third kappa shape index (κ3) is 7.15. The Hall–Kier alpha value is -3.28. The van der Waals surface area contributed by atoms with Gasteiger partial charge in [0.15, 0.2) is 0 Å². The van der Waals surface area contributed by atoms with E-state index in [2.05, 4.69) is 6.92 Å². The maximum absolute atomic E-state index is 12.4. The van der Waals surface area contributed by atoms with Crippen molar-refractivity contribution in [2.75, 3.05) is 11.5 Å². The van der Waals surface area contributed by atoms with E-state index in [0.29, 0.717) is 16.9 Å². The molecule has 3 rings (SSSR count). The van der Waals surface area contributed by atoms with Crippen LogP contribution in [0.2, 0.25) is 0 Å². The molecule has 4 N–H and O–H groups in total. The lowest BCUT2D eigenvalue weighted by atomic mass is 9.85. The molecule has 0 saturated heterocycles. The molecule has 0 atom stereocenters. The van der Waals surface area contributed by atoms with Crippen molar-refractivity contribution in [1.29, 1.82) is 0 Å². The van der Waals surface area contributed by atoms with Gasteiger partial charge in [-0.1, -0.05) is 31.9 Å². The molecule has 0 unspecified atom stereocenters. The van der Waals surface area contributed by atoms with Gasteiger partial charge in [-0.2, -0.15) is 0 Å². The number of benzene rings is 2. The van der Waals surface area contributed by atoms with E-state index in [9.17, 15) is 9.59 Å². The van der Waals surface area contributed by atoms with Crippen molar-refractivity contribution in [3.63, 3.8) is 0 Å². The van der Waals surface area contributed by atoms with E-state index in [1.807, 2.05) is 0 Å². The van der Waals surface area contributed by atoms with Gasteiger partial charge in [0, 0.05) is 17.5 Å². The summed E-state index contributed by atoms with van der Waals surface area (Å²) in [4.78, 5) is 24.4. The lowest BCUT2D eigenvalue weighted by Crippen LogP contribution is -2.24. The highest BCUT2D eigenvalue weighted by Crippen LogP contribution is 2.29. The highest BCUT2D eigenvalue weighted by Gasteiger charge is 2.23. The number of anilines is 2. The Bertz CT molecular complexity index is 925. The van der Waals surface area contributed by atoms with Crippen LogP contribution in [0.1, 0.15) is 66.9 Å². The second kappa shape index (κ2) is 11.4. The van der Waals surface area contributed by atoms with Crippen LogP contribution in [0.4, 0.5) is 11.4 Å². The van der Waals surface area contributed by atoms with Crippen LogP contribution in [0.15, 0.2) is 48.5 Å². The maximum Gasteiger partial charge on any atom is 0.338 e. The molecule has 32 heavy (non-hydrogen) atoms. The largest absolute Gasteiger partial charge is 0.459 e. The number of hydrogen-bond acceptors (Lipinski definition) is 6. The first-order chi connectivity index (χ1) is 15.4. The van der Waals surface area contributed by atoms with Crippen molar-refractivity contribution < 1.29 is 19.1 Å². The van der Waals surface area contributed by atoms with Crippen molar-refractivity contribution in [1.82, 2.24) is 0 Å². The predicted molar refractivity (Wildman–Crippen MR) is 127 cm³/mol. The molecule has 170 valence electrons. The van der Waals surface area contributed by atoms with Gasteiger partial charge in [-0.3, -0.25) is 0 Å². The minimum Gasteiger partial charge on any atom is -0.459 e. The first-order valence-corrected chi connectivity index (χ1v) is 11.2. The summed E-state index contributed by atoms with van der Waals surface area (Å²) in [5.41, 5.74) is 14.5. The Balaban J connectivity index is 1.45. The zero-order valence-corrected chi connectivity index (χ0v) is 18.6. The quantitative estimate of drug-likeness (QED) is 0.338. The molecule has 0 bridgehead atoms. The summed E-state index contributed by atoms with van der Waals surface area (Å²) in [6.07, 6.45) is 9.64. The molecule has 1 saturated carbocycles. The number of ether oxygens (including phenoxy) is 2. The number of esters is 2. The highest BCUT2D eigenvalue weighted by atomic mass is 16.5. The van der Waals surface area contributed by atoms with Crippen LogP contribution in [-0.4, -0.2) is 18.0 Å². The minimum atomic E-state index is -0.479. The lowest BCUT2D eigenvalue weighted by Gasteiger charge is -2.28. The number of nitrogens with two attached hydrogens (primary N) is 2. The minimum absolute atomic E-state index is 0.0141. The highest BCUT2D eigenvalue weighted by molar-refractivity contribution is 5.90. The van der Waals surface area contributed by atoms with Crippen LogP contribution in [0, 0.1) is 5.92 Å². The van der Waals surface area contributed by atoms with Crippen LogP contribution >= 0.6 is 0 Å². The number of carbonyl (C=O) groups is 2. The first kappa shape index (κ1) is 23.4. The summed E-state index contributed by atoms with van der Waals surface area (Å²) in [6, 6.07) is 12.0. The molecular formula is C26H32N2O4. The first-order valence-electron chi connectivity index (χ1n) is 11.2. The van der Waals surface area contributed by atoms with E-state index < -0.39 is 5.97 Å². The molecule has 0 heterocycles. The predicted octanol–water partition coefficient (Wildman–Crippen LogP) is 5.12. The summed E-state index contributed by atoms with van der Waals surface area (Å²) in [5, 5.41) is 0. The van der Waals surface area contributed by atoms with Crippen LogP contribution in [-0.2, 0) is 20.9 Å². The third-order valence-corrected chi connectivity index (χ3v) is 5.74. The van der Waals surface area contributed by atoms with E-state index in [4.69, 9.17) is 20.9 Å². The van der Waals surface area contributed by atoms with E-state index in [-0.39, 0.29) is 18.7 Å². The number of rotatable bonds is 8. The van der Waals surface area contributed by atoms with Gasteiger partial charge in [-0.05, 0) is 79.1 Å². The molecule has 1 aliphatic carbocycles. The average Bonchev–Trinajstić information content (AvgIpc) is 2.77. The van der Waals surface area contributed by atoms with E-state index in [1.165, 1.54) is 18.9 Å². The Morgan fingerprint density at radius 3 is 2.28 bits per heavy atom. The maximum atomic E-state index is 12.4. The smallest absolute Gasteiger partial charge is 0.338 e. The summed E-state index contributed by atoms with van der Waals surface area (Å²) in [7, 11) is 0. The molecule has 2 aromatic carbocycles. The Morgan fingerprint density at radius 2 is 1.66 bits per heavy atom. The molecule has 2 aromatic rings. The summed E-state index contributed by atoms with van der Waals surface area (Å²) < 4.78 is 10.9. The molecule has 1 aliphatic rings.